The highest BCUT2D eigenvalue weighted by molar-refractivity contribution is 5.94. The zero-order valence-corrected chi connectivity index (χ0v) is 12.1. The van der Waals surface area contributed by atoms with Gasteiger partial charge in [0.2, 0.25) is 0 Å². The van der Waals surface area contributed by atoms with Gasteiger partial charge in [-0.1, -0.05) is 11.8 Å². The second-order valence-corrected chi connectivity index (χ2v) is 4.58. The van der Waals surface area contributed by atoms with Gasteiger partial charge in [-0.25, -0.2) is 0 Å². The monoisotopic (exact) mass is 283 g/mol. The van der Waals surface area contributed by atoms with Crippen molar-refractivity contribution < 1.29 is 4.79 Å². The minimum absolute atomic E-state index is 0.153. The van der Waals surface area contributed by atoms with Gasteiger partial charge in [-0.05, 0) is 30.7 Å². The molecule has 0 radical (unpaired) electrons. The third kappa shape index (κ3) is 3.68. The average molecular weight is 283 g/mol. The maximum atomic E-state index is 12.1. The van der Waals surface area contributed by atoms with Crippen molar-refractivity contribution in [3.8, 4) is 11.8 Å². The van der Waals surface area contributed by atoms with Gasteiger partial charge in [-0.2, -0.15) is 0 Å². The first kappa shape index (κ1) is 14.8. The van der Waals surface area contributed by atoms with Gasteiger partial charge >= 0.3 is 0 Å². The van der Waals surface area contributed by atoms with E-state index in [4.69, 9.17) is 5.73 Å². The van der Waals surface area contributed by atoms with Gasteiger partial charge in [0.15, 0.2) is 5.82 Å². The van der Waals surface area contributed by atoms with Gasteiger partial charge in [0.05, 0.1) is 13.1 Å². The molecule has 0 aliphatic heterocycles. The van der Waals surface area contributed by atoms with Crippen molar-refractivity contribution >= 4 is 5.91 Å². The van der Waals surface area contributed by atoms with Gasteiger partial charge in [0.1, 0.15) is 6.33 Å². The molecular formula is C15H17N5O. The van der Waals surface area contributed by atoms with Crippen molar-refractivity contribution in [1.82, 2.24) is 20.1 Å². The van der Waals surface area contributed by atoms with E-state index >= 15 is 0 Å². The molecule has 0 bridgehead atoms. The van der Waals surface area contributed by atoms with Crippen molar-refractivity contribution in [2.45, 2.75) is 13.5 Å². The number of benzene rings is 1. The first-order valence-electron chi connectivity index (χ1n) is 6.52. The van der Waals surface area contributed by atoms with E-state index in [-0.39, 0.29) is 5.91 Å². The predicted octanol–water partition coefficient (Wildman–Crippen LogP) is 0.364. The molecule has 108 valence electrons. The first-order valence-corrected chi connectivity index (χ1v) is 6.52. The Labute approximate surface area is 123 Å². The second-order valence-electron chi connectivity index (χ2n) is 4.58. The van der Waals surface area contributed by atoms with Crippen LogP contribution in [0.1, 0.15) is 27.3 Å². The first-order chi connectivity index (χ1) is 10.1. The highest BCUT2D eigenvalue weighted by Gasteiger charge is 2.08. The van der Waals surface area contributed by atoms with Gasteiger partial charge in [-0.15, -0.1) is 10.2 Å². The summed E-state index contributed by atoms with van der Waals surface area (Å²) in [7, 11) is 1.83. The zero-order valence-electron chi connectivity index (χ0n) is 12.1. The summed E-state index contributed by atoms with van der Waals surface area (Å²) < 4.78 is 1.76. The molecule has 6 heteroatoms. The summed E-state index contributed by atoms with van der Waals surface area (Å²) in [5, 5.41) is 10.5. The van der Waals surface area contributed by atoms with E-state index in [1.165, 1.54) is 0 Å². The maximum Gasteiger partial charge on any atom is 0.251 e. The standard InChI is InChI=1S/C15H17N5O/c1-11-8-13(6-5-12(11)4-3-7-16)15(21)17-9-14-19-18-10-20(14)2/h5-6,8,10H,7,9,16H2,1-2H3,(H,17,21). The van der Waals surface area contributed by atoms with E-state index < -0.39 is 0 Å². The van der Waals surface area contributed by atoms with Gasteiger partial charge in [-0.3, -0.25) is 4.79 Å². The molecule has 0 fully saturated rings. The smallest absolute Gasteiger partial charge is 0.251 e. The molecule has 0 aliphatic rings. The molecule has 6 nitrogen and oxygen atoms in total. The lowest BCUT2D eigenvalue weighted by Crippen LogP contribution is -2.24. The number of hydrogen-bond acceptors (Lipinski definition) is 4. The van der Waals surface area contributed by atoms with Crippen molar-refractivity contribution in [3.05, 3.63) is 47.0 Å². The van der Waals surface area contributed by atoms with Crippen molar-refractivity contribution in [2.75, 3.05) is 6.54 Å². The van der Waals surface area contributed by atoms with Gasteiger partial charge in [0.25, 0.3) is 5.91 Å². The highest BCUT2D eigenvalue weighted by atomic mass is 16.1. The predicted molar refractivity (Wildman–Crippen MR) is 79.3 cm³/mol. The zero-order chi connectivity index (χ0) is 15.2. The van der Waals surface area contributed by atoms with E-state index in [2.05, 4.69) is 27.4 Å². The summed E-state index contributed by atoms with van der Waals surface area (Å²) in [5.41, 5.74) is 7.77. The quantitative estimate of drug-likeness (QED) is 0.797. The Bertz CT molecular complexity index is 708. The van der Waals surface area contributed by atoms with Crippen LogP contribution in [0.3, 0.4) is 0 Å². The van der Waals surface area contributed by atoms with Crippen LogP contribution in [0.25, 0.3) is 0 Å². The van der Waals surface area contributed by atoms with Crippen LogP contribution in [0.4, 0.5) is 0 Å². The Morgan fingerprint density at radius 2 is 2.29 bits per heavy atom. The normalized spacial score (nSPS) is 9.86. The Balaban J connectivity index is 2.06. The topological polar surface area (TPSA) is 85.8 Å². The number of nitrogens with zero attached hydrogens (tertiary/aromatic N) is 3. The summed E-state index contributed by atoms with van der Waals surface area (Å²) in [6.07, 6.45) is 1.59. The number of hydrogen-bond donors (Lipinski definition) is 2. The van der Waals surface area contributed by atoms with Gasteiger partial charge in [0, 0.05) is 18.2 Å². The van der Waals surface area contributed by atoms with E-state index in [1.807, 2.05) is 26.1 Å². The molecule has 21 heavy (non-hydrogen) atoms. The summed E-state index contributed by atoms with van der Waals surface area (Å²) in [4.78, 5) is 12.1. The molecule has 1 heterocycles. The number of aryl methyl sites for hydroxylation is 2. The minimum atomic E-state index is -0.153. The molecule has 0 unspecified atom stereocenters. The molecule has 2 aromatic rings. The summed E-state index contributed by atoms with van der Waals surface area (Å²) >= 11 is 0. The van der Waals surface area contributed by atoms with Crippen LogP contribution in [0.5, 0.6) is 0 Å². The Morgan fingerprint density at radius 3 is 2.90 bits per heavy atom. The van der Waals surface area contributed by atoms with Crippen molar-refractivity contribution in [3.63, 3.8) is 0 Å². The van der Waals surface area contributed by atoms with Crippen LogP contribution < -0.4 is 11.1 Å². The molecule has 1 amide bonds. The number of aromatic nitrogens is 3. The Hall–Kier alpha value is -2.65. The molecular weight excluding hydrogens is 266 g/mol. The van der Waals surface area contributed by atoms with Gasteiger partial charge < -0.3 is 15.6 Å². The fraction of sp³-hybridized carbons (Fsp3) is 0.267. The van der Waals surface area contributed by atoms with Crippen LogP contribution in [0.2, 0.25) is 0 Å². The molecule has 0 saturated carbocycles. The lowest BCUT2D eigenvalue weighted by Gasteiger charge is -2.06. The third-order valence-corrected chi connectivity index (χ3v) is 3.03. The van der Waals surface area contributed by atoms with E-state index in [1.54, 1.807) is 17.0 Å². The lowest BCUT2D eigenvalue weighted by atomic mass is 10.0. The average Bonchev–Trinajstić information content (AvgIpc) is 2.88. The molecule has 0 aliphatic carbocycles. The van der Waals surface area contributed by atoms with Crippen LogP contribution in [-0.4, -0.2) is 27.2 Å². The molecule has 0 spiro atoms. The van der Waals surface area contributed by atoms with E-state index in [9.17, 15) is 4.79 Å². The Kier molecular flexibility index (Phi) is 4.69. The number of carbonyl (C=O) groups excluding carboxylic acids is 1. The molecule has 0 saturated heterocycles. The molecule has 3 N–H and O–H groups in total. The minimum Gasteiger partial charge on any atom is -0.345 e. The number of nitrogens with one attached hydrogen (secondary N) is 1. The second kappa shape index (κ2) is 6.68. The van der Waals surface area contributed by atoms with E-state index in [0.29, 0.717) is 24.5 Å². The summed E-state index contributed by atoms with van der Waals surface area (Å²) in [6.45, 7) is 2.57. The van der Waals surface area contributed by atoms with E-state index in [0.717, 1.165) is 11.1 Å². The number of amides is 1. The van der Waals surface area contributed by atoms with Crippen LogP contribution in [0.15, 0.2) is 24.5 Å². The van der Waals surface area contributed by atoms with Crippen LogP contribution in [-0.2, 0) is 13.6 Å². The fourth-order valence-electron chi connectivity index (χ4n) is 1.82. The largest absolute Gasteiger partial charge is 0.345 e. The maximum absolute atomic E-state index is 12.1. The molecule has 1 aromatic heterocycles. The highest BCUT2D eigenvalue weighted by Crippen LogP contribution is 2.10. The van der Waals surface area contributed by atoms with Crippen LogP contribution in [0, 0.1) is 18.8 Å². The SMILES string of the molecule is Cc1cc(C(=O)NCc2nncn2C)ccc1C#CCN. The summed E-state index contributed by atoms with van der Waals surface area (Å²) in [6, 6.07) is 5.39. The molecule has 0 atom stereocenters. The third-order valence-electron chi connectivity index (χ3n) is 3.03. The van der Waals surface area contributed by atoms with Crippen molar-refractivity contribution in [1.29, 1.82) is 0 Å². The lowest BCUT2D eigenvalue weighted by molar-refractivity contribution is 0.0949. The molecule has 2 rings (SSSR count). The molecule has 1 aromatic carbocycles. The number of rotatable bonds is 3. The number of nitrogens with two attached hydrogens (primary N) is 1. The fourth-order valence-corrected chi connectivity index (χ4v) is 1.82. The summed E-state index contributed by atoms with van der Waals surface area (Å²) in [5.74, 6) is 6.32. The number of carbonyl (C=O) groups is 1. The van der Waals surface area contributed by atoms with Crippen LogP contribution >= 0.6 is 0 Å². The Morgan fingerprint density at radius 1 is 1.48 bits per heavy atom. The van der Waals surface area contributed by atoms with Crippen molar-refractivity contribution in [2.24, 2.45) is 12.8 Å².